The van der Waals surface area contributed by atoms with Gasteiger partial charge in [0.15, 0.2) is 0 Å². The standard InChI is InChI=1S/C15H21N3O.C7H8.H2/c1-2-13(17-3-1)10-19-15-5-14(6-16-7-15)18-8-11-4-12(11)9-18;1-7-5-3-2-4-6-7;/h5-7,11-13,17H,1-4,8-10H2;2-6H,1H3;1H/t11-,12?,13+;;/m1../s1. The number of pyridine rings is 1. The SMILES string of the molecule is Cc1ccccc1.[HH].c1ncc(N2CC3C[C@@H]3C2)cc1OC[C@@H]1CCCN1. The molecule has 1 aliphatic carbocycles. The Balaban J connectivity index is 0.000000225. The van der Waals surface area contributed by atoms with Crippen LogP contribution in [0, 0.1) is 18.8 Å². The van der Waals surface area contributed by atoms with Crippen LogP contribution in [-0.2, 0) is 0 Å². The lowest BCUT2D eigenvalue weighted by Gasteiger charge is -2.20. The third kappa shape index (κ3) is 4.55. The van der Waals surface area contributed by atoms with E-state index in [0.717, 1.165) is 30.7 Å². The summed E-state index contributed by atoms with van der Waals surface area (Å²) in [6.45, 7) is 6.39. The number of hydrogen-bond donors (Lipinski definition) is 1. The van der Waals surface area contributed by atoms with E-state index in [0.29, 0.717) is 6.04 Å². The number of ether oxygens (including phenoxy) is 1. The van der Waals surface area contributed by atoms with Gasteiger partial charge in [0.05, 0.1) is 18.1 Å². The number of aryl methyl sites for hydroxylation is 1. The highest BCUT2D eigenvalue weighted by atomic mass is 16.5. The first-order valence-corrected chi connectivity index (χ1v) is 9.86. The predicted molar refractivity (Wildman–Crippen MR) is 108 cm³/mol. The van der Waals surface area contributed by atoms with E-state index in [9.17, 15) is 0 Å². The van der Waals surface area contributed by atoms with E-state index in [1.165, 1.54) is 43.6 Å². The second-order valence-corrected chi connectivity index (χ2v) is 7.80. The maximum Gasteiger partial charge on any atom is 0.139 e. The van der Waals surface area contributed by atoms with Crippen LogP contribution < -0.4 is 15.0 Å². The number of nitrogens with one attached hydrogen (secondary N) is 1. The summed E-state index contributed by atoms with van der Waals surface area (Å²) >= 11 is 0. The number of hydrogen-bond acceptors (Lipinski definition) is 4. The fourth-order valence-corrected chi connectivity index (χ4v) is 3.90. The van der Waals surface area contributed by atoms with Crippen LogP contribution in [0.25, 0.3) is 0 Å². The minimum Gasteiger partial charge on any atom is -0.490 e. The summed E-state index contributed by atoms with van der Waals surface area (Å²) in [7, 11) is 0. The van der Waals surface area contributed by atoms with Crippen LogP contribution in [0.15, 0.2) is 48.8 Å². The maximum atomic E-state index is 5.88. The van der Waals surface area contributed by atoms with Gasteiger partial charge in [0.2, 0.25) is 0 Å². The Hall–Kier alpha value is -2.07. The summed E-state index contributed by atoms with van der Waals surface area (Å²) in [4.78, 5) is 6.78. The van der Waals surface area contributed by atoms with Crippen molar-refractivity contribution < 1.29 is 6.16 Å². The van der Waals surface area contributed by atoms with Gasteiger partial charge in [0.1, 0.15) is 12.4 Å². The quantitative estimate of drug-likeness (QED) is 0.904. The van der Waals surface area contributed by atoms with Crippen LogP contribution >= 0.6 is 0 Å². The molecule has 0 radical (unpaired) electrons. The minimum absolute atomic E-state index is 0. The number of aromatic nitrogens is 1. The van der Waals surface area contributed by atoms with E-state index >= 15 is 0 Å². The van der Waals surface area contributed by atoms with Crippen molar-refractivity contribution in [2.75, 3.05) is 31.1 Å². The second kappa shape index (κ2) is 8.09. The van der Waals surface area contributed by atoms with Gasteiger partial charge in [0.25, 0.3) is 0 Å². The molecule has 0 amide bonds. The van der Waals surface area contributed by atoms with Gasteiger partial charge in [-0.15, -0.1) is 0 Å². The molecule has 4 nitrogen and oxygen atoms in total. The smallest absolute Gasteiger partial charge is 0.139 e. The van der Waals surface area contributed by atoms with Gasteiger partial charge >= 0.3 is 0 Å². The molecule has 4 heteroatoms. The van der Waals surface area contributed by atoms with Crippen molar-refractivity contribution in [1.82, 2.24) is 10.3 Å². The van der Waals surface area contributed by atoms with E-state index in [1.54, 1.807) is 0 Å². The Morgan fingerprint density at radius 3 is 2.65 bits per heavy atom. The summed E-state index contributed by atoms with van der Waals surface area (Å²) in [6.07, 6.45) is 7.72. The van der Waals surface area contributed by atoms with Crippen LogP contribution in [0.1, 0.15) is 26.3 Å². The summed E-state index contributed by atoms with van der Waals surface area (Å²) in [5, 5.41) is 3.45. The molecule has 26 heavy (non-hydrogen) atoms. The van der Waals surface area contributed by atoms with Crippen LogP contribution in [0.2, 0.25) is 0 Å². The van der Waals surface area contributed by atoms with Crippen molar-refractivity contribution in [2.45, 2.75) is 32.2 Å². The molecule has 2 aromatic rings. The lowest BCUT2D eigenvalue weighted by molar-refractivity contribution is 0.276. The minimum atomic E-state index is 0. The van der Waals surface area contributed by atoms with Gasteiger partial charge in [-0.3, -0.25) is 4.98 Å². The highest BCUT2D eigenvalue weighted by Gasteiger charge is 2.45. The molecule has 3 aliphatic rings. The van der Waals surface area contributed by atoms with Crippen LogP contribution in [0.3, 0.4) is 0 Å². The zero-order valence-corrected chi connectivity index (χ0v) is 15.6. The molecule has 3 atom stereocenters. The van der Waals surface area contributed by atoms with E-state index in [2.05, 4.69) is 40.3 Å². The number of piperidine rings is 1. The molecule has 3 fully saturated rings. The molecule has 0 spiro atoms. The largest absolute Gasteiger partial charge is 0.490 e. The fourth-order valence-electron chi connectivity index (χ4n) is 3.90. The van der Waals surface area contributed by atoms with Gasteiger partial charge in [-0.05, 0) is 44.6 Å². The molecular formula is C22H31N3O. The van der Waals surface area contributed by atoms with Crippen molar-refractivity contribution in [2.24, 2.45) is 11.8 Å². The predicted octanol–water partition coefficient (Wildman–Crippen LogP) is 3.91. The third-order valence-electron chi connectivity index (χ3n) is 5.60. The average molecular weight is 354 g/mol. The summed E-state index contributed by atoms with van der Waals surface area (Å²) in [5.41, 5.74) is 2.55. The molecule has 1 saturated carbocycles. The normalized spacial score (nSPS) is 26.0. The lowest BCUT2D eigenvalue weighted by atomic mass is 10.2. The Morgan fingerprint density at radius 1 is 1.19 bits per heavy atom. The summed E-state index contributed by atoms with van der Waals surface area (Å²) < 4.78 is 5.88. The molecular weight excluding hydrogens is 322 g/mol. The monoisotopic (exact) mass is 353 g/mol. The highest BCUT2D eigenvalue weighted by Crippen LogP contribution is 2.46. The van der Waals surface area contributed by atoms with E-state index in [4.69, 9.17) is 4.74 Å². The van der Waals surface area contributed by atoms with Crippen LogP contribution in [-0.4, -0.2) is 37.3 Å². The fraction of sp³-hybridized carbons (Fsp3) is 0.500. The van der Waals surface area contributed by atoms with E-state index in [1.807, 2.05) is 30.6 Å². The third-order valence-corrected chi connectivity index (χ3v) is 5.60. The first-order valence-electron chi connectivity index (χ1n) is 9.86. The average Bonchev–Trinajstić information content (AvgIpc) is 3.07. The Kier molecular flexibility index (Phi) is 5.40. The molecule has 5 rings (SSSR count). The van der Waals surface area contributed by atoms with Crippen LogP contribution in [0.4, 0.5) is 5.69 Å². The van der Waals surface area contributed by atoms with E-state index < -0.39 is 0 Å². The van der Waals surface area contributed by atoms with Crippen molar-refractivity contribution >= 4 is 5.69 Å². The Bertz CT molecular complexity index is 696. The highest BCUT2D eigenvalue weighted by molar-refractivity contribution is 5.50. The Morgan fingerprint density at radius 2 is 2.00 bits per heavy atom. The van der Waals surface area contributed by atoms with Gasteiger partial charge in [-0.2, -0.15) is 0 Å². The first kappa shape index (κ1) is 17.3. The number of anilines is 1. The molecule has 1 aromatic carbocycles. The Labute approximate surface area is 158 Å². The number of nitrogens with zero attached hydrogens (tertiary/aromatic N) is 2. The molecule has 140 valence electrons. The molecule has 1 unspecified atom stereocenters. The zero-order chi connectivity index (χ0) is 17.8. The lowest BCUT2D eigenvalue weighted by Crippen LogP contribution is -2.28. The zero-order valence-electron chi connectivity index (χ0n) is 15.6. The van der Waals surface area contributed by atoms with Crippen molar-refractivity contribution in [3.05, 3.63) is 54.4 Å². The van der Waals surface area contributed by atoms with Gasteiger partial charge < -0.3 is 15.0 Å². The number of rotatable bonds is 4. The van der Waals surface area contributed by atoms with Gasteiger partial charge in [-0.25, -0.2) is 0 Å². The van der Waals surface area contributed by atoms with Gasteiger partial charge in [-0.1, -0.05) is 35.9 Å². The number of fused-ring (bicyclic) bond motifs is 1. The topological polar surface area (TPSA) is 37.4 Å². The van der Waals surface area contributed by atoms with Crippen molar-refractivity contribution in [3.63, 3.8) is 0 Å². The van der Waals surface area contributed by atoms with E-state index in [-0.39, 0.29) is 1.43 Å². The first-order chi connectivity index (χ1) is 12.8. The molecule has 0 bridgehead atoms. The van der Waals surface area contributed by atoms with Crippen molar-refractivity contribution in [3.8, 4) is 5.75 Å². The molecule has 1 aromatic heterocycles. The molecule has 2 saturated heterocycles. The molecule has 2 aliphatic heterocycles. The van der Waals surface area contributed by atoms with Gasteiger partial charge in [0, 0.05) is 26.6 Å². The maximum absolute atomic E-state index is 5.88. The molecule has 3 heterocycles. The molecule has 1 N–H and O–H groups in total. The second-order valence-electron chi connectivity index (χ2n) is 7.80. The summed E-state index contributed by atoms with van der Waals surface area (Å²) in [6, 6.07) is 12.9. The van der Waals surface area contributed by atoms with Crippen molar-refractivity contribution in [1.29, 1.82) is 0 Å². The summed E-state index contributed by atoms with van der Waals surface area (Å²) in [5.74, 6) is 2.81. The number of benzene rings is 1. The van der Waals surface area contributed by atoms with Crippen LogP contribution in [0.5, 0.6) is 5.75 Å².